The van der Waals surface area contributed by atoms with Gasteiger partial charge in [-0.05, 0) is 36.0 Å². The lowest BCUT2D eigenvalue weighted by molar-refractivity contribution is 1.33. The van der Waals surface area contributed by atoms with Crippen molar-refractivity contribution in [1.29, 1.82) is 5.26 Å². The second-order valence-electron chi connectivity index (χ2n) is 1.86. The summed E-state index contributed by atoms with van der Waals surface area (Å²) in [6.07, 6.45) is 0. The Morgan fingerprint density at radius 3 is 2.33 bits per heavy atom. The summed E-state index contributed by atoms with van der Waals surface area (Å²) in [7, 11) is 0. The summed E-state index contributed by atoms with van der Waals surface area (Å²) in [4.78, 5) is 0.923. The smallest absolute Gasteiger partial charge is 0.138 e. The summed E-state index contributed by atoms with van der Waals surface area (Å²) < 4.78 is 0. The van der Waals surface area contributed by atoms with Crippen LogP contribution in [0.2, 0.25) is 0 Å². The molecule has 3 nitrogen and oxygen atoms in total. The maximum Gasteiger partial charge on any atom is 0.138 e. The molecule has 0 aromatic heterocycles. The minimum Gasteiger partial charge on any atom is -0.324 e. The van der Waals surface area contributed by atoms with Gasteiger partial charge >= 0.3 is 0 Å². The Morgan fingerprint density at radius 2 is 1.92 bits per heavy atom. The molecule has 12 heavy (non-hydrogen) atoms. The van der Waals surface area contributed by atoms with Gasteiger partial charge in [-0.15, -0.1) is 12.4 Å². The van der Waals surface area contributed by atoms with Gasteiger partial charge in [0.1, 0.15) is 5.40 Å². The minimum absolute atomic E-state index is 0. The van der Waals surface area contributed by atoms with Crippen LogP contribution in [0.3, 0.4) is 0 Å². The van der Waals surface area contributed by atoms with Gasteiger partial charge in [-0.3, -0.25) is 5.84 Å². The van der Waals surface area contributed by atoms with Crippen LogP contribution >= 0.6 is 24.2 Å². The van der Waals surface area contributed by atoms with E-state index in [-0.39, 0.29) is 12.4 Å². The first kappa shape index (κ1) is 11.1. The van der Waals surface area contributed by atoms with Crippen molar-refractivity contribution in [3.63, 3.8) is 0 Å². The lowest BCUT2D eigenvalue weighted by Gasteiger charge is -1.98. The van der Waals surface area contributed by atoms with Gasteiger partial charge in [0.05, 0.1) is 0 Å². The standard InChI is InChI=1S/C7H7N3S.ClH/c8-5-11-7-3-1-6(10-9)2-4-7;/h1-4,10H,9H2;1H. The van der Waals surface area contributed by atoms with Crippen LogP contribution in [0.5, 0.6) is 0 Å². The van der Waals surface area contributed by atoms with E-state index in [4.69, 9.17) is 11.1 Å². The summed E-state index contributed by atoms with van der Waals surface area (Å²) in [5.74, 6) is 5.15. The van der Waals surface area contributed by atoms with Gasteiger partial charge in [-0.2, -0.15) is 5.26 Å². The number of nitrogens with zero attached hydrogens (tertiary/aromatic N) is 1. The number of nitrogens with one attached hydrogen (secondary N) is 1. The third-order valence-corrected chi connectivity index (χ3v) is 1.78. The van der Waals surface area contributed by atoms with Crippen molar-refractivity contribution >= 4 is 29.9 Å². The number of thioether (sulfide) groups is 1. The molecule has 0 aliphatic heterocycles. The van der Waals surface area contributed by atoms with Gasteiger partial charge in [0.15, 0.2) is 0 Å². The molecule has 0 spiro atoms. The Balaban J connectivity index is 0.00000121. The molecule has 0 aliphatic rings. The number of halogens is 1. The molecule has 0 atom stereocenters. The molecule has 0 bridgehead atoms. The second-order valence-corrected chi connectivity index (χ2v) is 2.72. The molecule has 0 unspecified atom stereocenters. The van der Waals surface area contributed by atoms with E-state index in [1.165, 1.54) is 0 Å². The monoisotopic (exact) mass is 201 g/mol. The molecule has 0 heterocycles. The number of hydrogen-bond acceptors (Lipinski definition) is 4. The van der Waals surface area contributed by atoms with Crippen LogP contribution in [-0.4, -0.2) is 0 Å². The molecule has 1 aromatic rings. The molecule has 5 heteroatoms. The van der Waals surface area contributed by atoms with Crippen molar-refractivity contribution in [1.82, 2.24) is 0 Å². The molecule has 0 saturated heterocycles. The fourth-order valence-corrected chi connectivity index (χ4v) is 1.05. The number of rotatable bonds is 2. The van der Waals surface area contributed by atoms with Crippen molar-refractivity contribution in [3.8, 4) is 5.40 Å². The van der Waals surface area contributed by atoms with Crippen molar-refractivity contribution < 1.29 is 0 Å². The zero-order chi connectivity index (χ0) is 8.10. The molecule has 1 rings (SSSR count). The van der Waals surface area contributed by atoms with Crippen molar-refractivity contribution in [2.24, 2.45) is 5.84 Å². The van der Waals surface area contributed by atoms with Crippen LogP contribution in [0.4, 0.5) is 5.69 Å². The van der Waals surface area contributed by atoms with Gasteiger partial charge < -0.3 is 5.43 Å². The second kappa shape index (κ2) is 5.72. The van der Waals surface area contributed by atoms with Crippen molar-refractivity contribution in [3.05, 3.63) is 24.3 Å². The predicted molar refractivity (Wildman–Crippen MR) is 53.0 cm³/mol. The van der Waals surface area contributed by atoms with Crippen LogP contribution in [-0.2, 0) is 0 Å². The third kappa shape index (κ3) is 3.01. The molecule has 0 radical (unpaired) electrons. The Morgan fingerprint density at radius 1 is 1.33 bits per heavy atom. The van der Waals surface area contributed by atoms with Crippen molar-refractivity contribution in [2.75, 3.05) is 5.43 Å². The van der Waals surface area contributed by atoms with Crippen LogP contribution in [0.1, 0.15) is 0 Å². The average Bonchev–Trinajstić information content (AvgIpc) is 2.07. The van der Waals surface area contributed by atoms with Crippen LogP contribution in [0, 0.1) is 10.7 Å². The number of hydrogen-bond donors (Lipinski definition) is 2. The van der Waals surface area contributed by atoms with Gasteiger partial charge in [0.2, 0.25) is 0 Å². The number of nitrogen functional groups attached to an aromatic ring is 1. The fourth-order valence-electron chi connectivity index (χ4n) is 0.672. The molecule has 3 N–H and O–H groups in total. The number of hydrazine groups is 1. The maximum atomic E-state index is 8.32. The Kier molecular flexibility index (Phi) is 5.30. The quantitative estimate of drug-likeness (QED) is 0.332. The van der Waals surface area contributed by atoms with Gasteiger partial charge in [0, 0.05) is 10.6 Å². The first-order valence-corrected chi connectivity index (χ1v) is 3.81. The summed E-state index contributed by atoms with van der Waals surface area (Å²) in [5, 5.41) is 10.3. The highest BCUT2D eigenvalue weighted by Gasteiger charge is 1.91. The van der Waals surface area contributed by atoms with Crippen molar-refractivity contribution in [2.45, 2.75) is 4.90 Å². The first-order chi connectivity index (χ1) is 5.36. The summed E-state index contributed by atoms with van der Waals surface area (Å²) >= 11 is 1.13. The summed E-state index contributed by atoms with van der Waals surface area (Å²) in [6.45, 7) is 0. The van der Waals surface area contributed by atoms with E-state index in [1.54, 1.807) is 0 Å². The molecule has 0 aliphatic carbocycles. The molecule has 0 fully saturated rings. The highest BCUT2D eigenvalue weighted by molar-refractivity contribution is 8.03. The van der Waals surface area contributed by atoms with Crippen LogP contribution < -0.4 is 11.3 Å². The average molecular weight is 202 g/mol. The zero-order valence-corrected chi connectivity index (χ0v) is 7.78. The third-order valence-electron chi connectivity index (χ3n) is 1.18. The number of anilines is 1. The molecule has 64 valence electrons. The van der Waals surface area contributed by atoms with E-state index in [0.717, 1.165) is 22.3 Å². The van der Waals surface area contributed by atoms with Crippen LogP contribution in [0.15, 0.2) is 29.2 Å². The lowest BCUT2D eigenvalue weighted by atomic mass is 10.3. The number of nitriles is 1. The molecular weight excluding hydrogens is 194 g/mol. The number of thiocyanates is 1. The summed E-state index contributed by atoms with van der Waals surface area (Å²) in [5.41, 5.74) is 3.34. The van der Waals surface area contributed by atoms with E-state index in [2.05, 4.69) is 5.43 Å². The van der Waals surface area contributed by atoms with E-state index >= 15 is 0 Å². The Bertz CT molecular complexity index is 267. The maximum absolute atomic E-state index is 8.32. The summed E-state index contributed by atoms with van der Waals surface area (Å²) in [6, 6.07) is 7.31. The van der Waals surface area contributed by atoms with E-state index in [1.807, 2.05) is 29.7 Å². The lowest BCUT2D eigenvalue weighted by Crippen LogP contribution is -2.05. The van der Waals surface area contributed by atoms with E-state index < -0.39 is 0 Å². The predicted octanol–water partition coefficient (Wildman–Crippen LogP) is 1.97. The highest BCUT2D eigenvalue weighted by Crippen LogP contribution is 2.18. The highest BCUT2D eigenvalue weighted by atomic mass is 35.5. The van der Waals surface area contributed by atoms with Crippen LogP contribution in [0.25, 0.3) is 0 Å². The number of benzene rings is 1. The van der Waals surface area contributed by atoms with Gasteiger partial charge in [-0.25, -0.2) is 0 Å². The fraction of sp³-hybridized carbons (Fsp3) is 0. The number of nitrogens with two attached hydrogens (primary N) is 1. The molecule has 0 saturated carbocycles. The van der Waals surface area contributed by atoms with Gasteiger partial charge in [-0.1, -0.05) is 0 Å². The molecular formula is C7H8ClN3S. The topological polar surface area (TPSA) is 61.8 Å². The largest absolute Gasteiger partial charge is 0.324 e. The SMILES string of the molecule is Cl.N#CSc1ccc(NN)cc1. The zero-order valence-electron chi connectivity index (χ0n) is 6.15. The molecule has 0 amide bonds. The normalized spacial score (nSPS) is 8.00. The van der Waals surface area contributed by atoms with E-state index in [0.29, 0.717) is 0 Å². The minimum atomic E-state index is 0. The first-order valence-electron chi connectivity index (χ1n) is 2.99. The van der Waals surface area contributed by atoms with Gasteiger partial charge in [0.25, 0.3) is 0 Å². The molecule has 1 aromatic carbocycles. The Labute approximate surface area is 81.3 Å². The Hall–Kier alpha value is -0.890. The van der Waals surface area contributed by atoms with E-state index in [9.17, 15) is 0 Å².